The molecule has 0 radical (unpaired) electrons. The number of hydrogen-bond donors (Lipinski definition) is 2. The van der Waals surface area contributed by atoms with E-state index < -0.39 is 0 Å². The minimum absolute atomic E-state index is 0. The summed E-state index contributed by atoms with van der Waals surface area (Å²) in [5.74, 6) is 0.182. The van der Waals surface area contributed by atoms with Crippen LogP contribution in [0.3, 0.4) is 0 Å². The fourth-order valence-electron chi connectivity index (χ4n) is 4.04. The van der Waals surface area contributed by atoms with Crippen molar-refractivity contribution < 1.29 is 9.53 Å². The molecule has 0 aromatic carbocycles. The Morgan fingerprint density at radius 3 is 2.44 bits per heavy atom. The van der Waals surface area contributed by atoms with Crippen LogP contribution in [0.25, 0.3) is 0 Å². The highest BCUT2D eigenvalue weighted by atomic mass is 35.5. The van der Waals surface area contributed by atoms with Gasteiger partial charge in [0.1, 0.15) is 0 Å². The first-order valence-corrected chi connectivity index (χ1v) is 9.36. The molecular formula is C18H37Cl2N3O2. The van der Waals surface area contributed by atoms with Crippen molar-refractivity contribution in [1.82, 2.24) is 15.5 Å². The molecule has 5 nitrogen and oxygen atoms in total. The minimum Gasteiger partial charge on any atom is -0.384 e. The van der Waals surface area contributed by atoms with Crippen LogP contribution in [-0.2, 0) is 9.53 Å². The monoisotopic (exact) mass is 397 g/mol. The van der Waals surface area contributed by atoms with Gasteiger partial charge in [-0.1, -0.05) is 19.3 Å². The van der Waals surface area contributed by atoms with E-state index in [1.807, 2.05) is 0 Å². The molecule has 1 saturated heterocycles. The summed E-state index contributed by atoms with van der Waals surface area (Å²) in [6.45, 7) is 4.18. The molecular weight excluding hydrogens is 361 g/mol. The number of nitrogens with zero attached hydrogens (tertiary/aromatic N) is 1. The molecule has 1 amide bonds. The summed E-state index contributed by atoms with van der Waals surface area (Å²) in [6.07, 6.45) is 9.60. The maximum absolute atomic E-state index is 12.6. The molecule has 2 fully saturated rings. The van der Waals surface area contributed by atoms with Crippen LogP contribution >= 0.6 is 24.8 Å². The molecule has 0 bridgehead atoms. The molecule has 1 aliphatic carbocycles. The smallest absolute Gasteiger partial charge is 0.228 e. The zero-order valence-electron chi connectivity index (χ0n) is 15.8. The van der Waals surface area contributed by atoms with E-state index in [-0.39, 0.29) is 36.1 Å². The molecule has 0 aromatic rings. The second-order valence-electron chi connectivity index (χ2n) is 7.35. The van der Waals surface area contributed by atoms with E-state index in [0.29, 0.717) is 6.61 Å². The SMILES string of the molecule is COCC1(C(=O)NCCCN(C)C2CCCCC2)CCNCC1.Cl.Cl. The summed E-state index contributed by atoms with van der Waals surface area (Å²) >= 11 is 0. The first-order valence-electron chi connectivity index (χ1n) is 9.36. The first kappa shape index (κ1) is 24.9. The molecule has 2 rings (SSSR count). The van der Waals surface area contributed by atoms with Crippen molar-refractivity contribution in [2.75, 3.05) is 46.9 Å². The van der Waals surface area contributed by atoms with Crippen LogP contribution in [0.5, 0.6) is 0 Å². The summed E-state index contributed by atoms with van der Waals surface area (Å²) in [5.41, 5.74) is -0.324. The third kappa shape index (κ3) is 7.59. The Hall–Kier alpha value is -0.0700. The highest BCUT2D eigenvalue weighted by Crippen LogP contribution is 2.29. The third-order valence-corrected chi connectivity index (χ3v) is 5.63. The number of nitrogens with one attached hydrogen (secondary N) is 2. The van der Waals surface area contributed by atoms with Crippen LogP contribution in [0.2, 0.25) is 0 Å². The van der Waals surface area contributed by atoms with Crippen molar-refractivity contribution in [1.29, 1.82) is 0 Å². The van der Waals surface area contributed by atoms with E-state index in [4.69, 9.17) is 4.74 Å². The summed E-state index contributed by atoms with van der Waals surface area (Å²) in [6, 6.07) is 0.753. The highest BCUT2D eigenvalue weighted by Gasteiger charge is 2.39. The summed E-state index contributed by atoms with van der Waals surface area (Å²) < 4.78 is 5.33. The minimum atomic E-state index is -0.324. The zero-order valence-corrected chi connectivity index (χ0v) is 17.5. The molecule has 7 heteroatoms. The van der Waals surface area contributed by atoms with Crippen molar-refractivity contribution in [3.8, 4) is 0 Å². The van der Waals surface area contributed by atoms with Crippen molar-refractivity contribution >= 4 is 30.7 Å². The van der Waals surface area contributed by atoms with Crippen LogP contribution < -0.4 is 10.6 Å². The van der Waals surface area contributed by atoms with Gasteiger partial charge in [-0.2, -0.15) is 0 Å². The van der Waals surface area contributed by atoms with E-state index in [2.05, 4.69) is 22.6 Å². The normalized spacial score (nSPS) is 20.4. The molecule has 2 aliphatic rings. The van der Waals surface area contributed by atoms with Gasteiger partial charge in [0.05, 0.1) is 12.0 Å². The number of piperidine rings is 1. The van der Waals surface area contributed by atoms with Gasteiger partial charge < -0.3 is 20.3 Å². The average Bonchev–Trinajstić information content (AvgIpc) is 2.60. The van der Waals surface area contributed by atoms with Crippen molar-refractivity contribution in [2.24, 2.45) is 5.41 Å². The number of methoxy groups -OCH3 is 1. The Kier molecular flexibility index (Phi) is 13.1. The Balaban J connectivity index is 0.00000288. The Labute approximate surface area is 165 Å². The van der Waals surface area contributed by atoms with Gasteiger partial charge in [0.2, 0.25) is 5.91 Å². The quantitative estimate of drug-likeness (QED) is 0.618. The Morgan fingerprint density at radius 1 is 1.20 bits per heavy atom. The van der Waals surface area contributed by atoms with Gasteiger partial charge in [-0.05, 0) is 58.8 Å². The number of halogens is 2. The number of carbonyl (C=O) groups is 1. The molecule has 1 heterocycles. The maximum atomic E-state index is 12.6. The Morgan fingerprint density at radius 2 is 1.84 bits per heavy atom. The van der Waals surface area contributed by atoms with Crippen LogP contribution in [0.15, 0.2) is 0 Å². The van der Waals surface area contributed by atoms with Gasteiger partial charge >= 0.3 is 0 Å². The standard InChI is InChI=1S/C18H35N3O2.2ClH/c1-21(16-7-4-3-5-8-16)14-6-11-20-17(22)18(15-23-2)9-12-19-13-10-18;;/h16,19H,3-15H2,1-2H3,(H,20,22);2*1H. The maximum Gasteiger partial charge on any atom is 0.228 e. The lowest BCUT2D eigenvalue weighted by Crippen LogP contribution is -2.50. The van der Waals surface area contributed by atoms with Crippen molar-refractivity contribution in [3.05, 3.63) is 0 Å². The van der Waals surface area contributed by atoms with E-state index in [0.717, 1.165) is 51.5 Å². The molecule has 25 heavy (non-hydrogen) atoms. The van der Waals surface area contributed by atoms with Gasteiger partial charge in [0, 0.05) is 19.7 Å². The summed E-state index contributed by atoms with van der Waals surface area (Å²) in [4.78, 5) is 15.1. The fraction of sp³-hybridized carbons (Fsp3) is 0.944. The number of amides is 1. The molecule has 150 valence electrons. The number of ether oxygens (including phenoxy) is 1. The molecule has 0 aromatic heterocycles. The summed E-state index contributed by atoms with van der Waals surface area (Å²) in [7, 11) is 3.92. The predicted octanol–water partition coefficient (Wildman–Crippen LogP) is 2.62. The lowest BCUT2D eigenvalue weighted by Gasteiger charge is -2.35. The lowest BCUT2D eigenvalue weighted by molar-refractivity contribution is -0.136. The van der Waals surface area contributed by atoms with Crippen molar-refractivity contribution in [3.63, 3.8) is 0 Å². The Bertz CT molecular complexity index is 355. The largest absolute Gasteiger partial charge is 0.384 e. The summed E-state index contributed by atoms with van der Waals surface area (Å²) in [5, 5.41) is 6.49. The van der Waals surface area contributed by atoms with Gasteiger partial charge in [-0.15, -0.1) is 24.8 Å². The van der Waals surface area contributed by atoms with Gasteiger partial charge in [0.15, 0.2) is 0 Å². The first-order chi connectivity index (χ1) is 11.2. The van der Waals surface area contributed by atoms with Gasteiger partial charge in [-0.25, -0.2) is 0 Å². The average molecular weight is 398 g/mol. The third-order valence-electron chi connectivity index (χ3n) is 5.63. The molecule has 2 N–H and O–H groups in total. The molecule has 1 saturated carbocycles. The molecule has 0 unspecified atom stereocenters. The van der Waals surface area contributed by atoms with Crippen molar-refractivity contribution in [2.45, 2.75) is 57.4 Å². The van der Waals surface area contributed by atoms with Crippen LogP contribution in [-0.4, -0.2) is 63.8 Å². The van der Waals surface area contributed by atoms with Gasteiger partial charge in [0.25, 0.3) is 0 Å². The number of carbonyl (C=O) groups excluding carboxylic acids is 1. The van der Waals surface area contributed by atoms with Gasteiger partial charge in [-0.3, -0.25) is 4.79 Å². The molecule has 1 aliphatic heterocycles. The molecule has 0 atom stereocenters. The topological polar surface area (TPSA) is 53.6 Å². The van der Waals surface area contributed by atoms with E-state index in [1.165, 1.54) is 32.1 Å². The second-order valence-corrected chi connectivity index (χ2v) is 7.35. The van der Waals surface area contributed by atoms with Crippen LogP contribution in [0.4, 0.5) is 0 Å². The lowest BCUT2D eigenvalue weighted by atomic mass is 9.78. The number of hydrogen-bond acceptors (Lipinski definition) is 4. The van der Waals surface area contributed by atoms with E-state index >= 15 is 0 Å². The van der Waals surface area contributed by atoms with E-state index in [1.54, 1.807) is 7.11 Å². The zero-order chi connectivity index (χ0) is 16.5. The predicted molar refractivity (Wildman–Crippen MR) is 108 cm³/mol. The van der Waals surface area contributed by atoms with Crippen LogP contribution in [0, 0.1) is 5.41 Å². The van der Waals surface area contributed by atoms with E-state index in [9.17, 15) is 4.79 Å². The van der Waals surface area contributed by atoms with Crippen LogP contribution in [0.1, 0.15) is 51.4 Å². The highest BCUT2D eigenvalue weighted by molar-refractivity contribution is 5.85. The number of rotatable bonds is 8. The molecule has 0 spiro atoms. The fourth-order valence-corrected chi connectivity index (χ4v) is 4.04. The second kappa shape index (κ2) is 13.2.